The van der Waals surface area contributed by atoms with Gasteiger partial charge in [-0.05, 0) is 0 Å². The Hall–Kier alpha value is 1.75. The summed E-state index contributed by atoms with van der Waals surface area (Å²) in [6, 6.07) is 0. The molecular weight excluding hydrogens is 573 g/mol. The van der Waals surface area contributed by atoms with Gasteiger partial charge in [-0.3, -0.25) is 0 Å². The topological polar surface area (TPSA) is 124 Å². The van der Waals surface area contributed by atoms with Gasteiger partial charge in [0.1, 0.15) is 0 Å². The van der Waals surface area contributed by atoms with Gasteiger partial charge in [-0.2, -0.15) is 0 Å². The number of methoxy groups -OCH3 is 1. The van der Waals surface area contributed by atoms with Gasteiger partial charge in [0.2, 0.25) is 0 Å². The summed E-state index contributed by atoms with van der Waals surface area (Å²) in [4.78, 5) is 13.4. The fourth-order valence-electron chi connectivity index (χ4n) is 0.323. The van der Waals surface area contributed by atoms with Crippen LogP contribution in [0, 0.1) is 0 Å². The molecule has 0 spiro atoms. The van der Waals surface area contributed by atoms with Crippen LogP contribution in [0.1, 0.15) is 0 Å². The minimum atomic E-state index is -1.46. The van der Waals surface area contributed by atoms with Crippen LogP contribution in [0.4, 0.5) is 0 Å². The minimum absolute atomic E-state index is 0.886. The summed E-state index contributed by atoms with van der Waals surface area (Å²) in [6.07, 6.45) is 0. The number of alkyl halides is 1. The van der Waals surface area contributed by atoms with Gasteiger partial charge in [-0.15, -0.1) is 0 Å². The molecule has 0 aromatic heterocycles. The van der Waals surface area contributed by atoms with Crippen LogP contribution in [0.25, 0.3) is 0 Å². The number of hydrogen-bond acceptors (Lipinski definition) is 11. The Bertz CT molecular complexity index is 169. The molecule has 0 radical (unpaired) electrons. The van der Waals surface area contributed by atoms with Crippen molar-refractivity contribution in [3.8, 4) is 0 Å². The van der Waals surface area contributed by atoms with Crippen LogP contribution in [-0.4, -0.2) is 16.2 Å². The zero-order valence-electron chi connectivity index (χ0n) is 7.53. The molecule has 0 fully saturated rings. The summed E-state index contributed by atoms with van der Waals surface area (Å²) in [5.41, 5.74) is 7.58. The Morgan fingerprint density at radius 1 is 1.31 bits per heavy atom. The fraction of sp³-hybridized carbons (Fsp3) is 1.00. The maximum absolute atomic E-state index is 8.29. The van der Waals surface area contributed by atoms with Crippen molar-refractivity contribution in [1.82, 2.24) is 22.4 Å². The van der Waals surface area contributed by atoms with Crippen molar-refractivity contribution >= 4 is 45.6 Å². The van der Waals surface area contributed by atoms with Gasteiger partial charge >= 0.3 is 130 Å². The van der Waals surface area contributed by atoms with E-state index in [4.69, 9.17) is 9.94 Å². The summed E-state index contributed by atoms with van der Waals surface area (Å²) in [6.45, 7) is 0. The second-order valence-corrected chi connectivity index (χ2v) is 6.39. The Labute approximate surface area is 129 Å². The number of halogens is 3. The van der Waals surface area contributed by atoms with Gasteiger partial charge < -0.3 is 0 Å². The quantitative estimate of drug-likeness (QED) is 0.0414. The van der Waals surface area contributed by atoms with E-state index in [1.165, 1.54) is 12.8 Å². The molecule has 0 aromatic carbocycles. The third-order valence-corrected chi connectivity index (χ3v) is 3.11. The predicted octanol–water partition coefficient (Wildman–Crippen LogP) is -3.73. The van der Waals surface area contributed by atoms with E-state index < -0.39 is 26.0 Å². The van der Waals surface area contributed by atoms with Crippen LogP contribution in [0.2, 0.25) is 0 Å². The van der Waals surface area contributed by atoms with Crippen LogP contribution in [0.15, 0.2) is 0 Å². The molecule has 0 rings (SSSR count). The van der Waals surface area contributed by atoms with Crippen molar-refractivity contribution in [2.24, 2.45) is 0 Å². The van der Waals surface area contributed by atoms with E-state index in [0.29, 0.717) is 0 Å². The number of ether oxygens (including phenoxy) is 1. The van der Waals surface area contributed by atoms with Crippen molar-refractivity contribution in [1.29, 1.82) is 0 Å². The Morgan fingerprint density at radius 2 is 2.06 bits per heavy atom. The van der Waals surface area contributed by atoms with Crippen molar-refractivity contribution in [2.45, 2.75) is 3.92 Å². The van der Waals surface area contributed by atoms with Gasteiger partial charge in [0, 0.05) is 0 Å². The van der Waals surface area contributed by atoms with Gasteiger partial charge in [-0.25, -0.2) is 0 Å². The van der Waals surface area contributed by atoms with E-state index in [0.717, 1.165) is 0 Å². The molecule has 5 N–H and O–H groups in total. The van der Waals surface area contributed by atoms with E-state index in [1.54, 1.807) is 45.6 Å². The summed E-state index contributed by atoms with van der Waals surface area (Å²) in [7, 11) is 1.31. The molecule has 0 aliphatic heterocycles. The van der Waals surface area contributed by atoms with Gasteiger partial charge in [0.05, 0.1) is 0 Å². The Kier molecular flexibility index (Phi) is 13.1. The number of hydrogen-bond donors (Lipinski definition) is 5. The molecule has 100 valence electrons. The molecule has 0 heterocycles. The molecule has 0 aliphatic rings. The molecule has 0 bridgehead atoms. The van der Waals surface area contributed by atoms with Crippen LogP contribution in [0.3, 0.4) is 0 Å². The van der Waals surface area contributed by atoms with Crippen molar-refractivity contribution in [2.75, 3.05) is 7.11 Å². The molecule has 0 saturated carbocycles. The third kappa shape index (κ3) is 9.75. The molecule has 0 amide bonds. The van der Waals surface area contributed by atoms with E-state index in [9.17, 15) is 0 Å². The summed E-state index contributed by atoms with van der Waals surface area (Å²) < 4.78 is 12.5. The molecule has 14 heteroatoms. The van der Waals surface area contributed by atoms with Crippen molar-refractivity contribution < 1.29 is 51.3 Å². The van der Waals surface area contributed by atoms with Gasteiger partial charge in [0.25, 0.3) is 0 Å². The first kappa shape index (κ1) is 17.8. The number of nitrogens with one attached hydrogen (secondary N) is 4. The normalized spacial score (nSPS) is 15.2. The molecule has 0 saturated heterocycles. The Balaban J connectivity index is 3.41. The average molecular weight is 581 g/mol. The fourth-order valence-corrected chi connectivity index (χ4v) is 1.22. The zero-order valence-corrected chi connectivity index (χ0v) is 14.0. The molecule has 1 atom stereocenters. The standard InChI is InChI=1S/C2H8I3N4O7/c1-11-2(3,12-7-10)6-15-9-16-8-14-5-13-4/h6-10H,1H3/q-1/t2-/m0/s1. The number of rotatable bonds is 11. The van der Waals surface area contributed by atoms with Gasteiger partial charge in [0.15, 0.2) is 0 Å². The second-order valence-electron chi connectivity index (χ2n) is 1.61. The molecule has 11 nitrogen and oxygen atoms in total. The monoisotopic (exact) mass is 581 g/mol. The molecule has 16 heavy (non-hydrogen) atoms. The van der Waals surface area contributed by atoms with Crippen molar-refractivity contribution in [3.05, 3.63) is 0 Å². The van der Waals surface area contributed by atoms with Crippen LogP contribution in [0.5, 0.6) is 0 Å². The van der Waals surface area contributed by atoms with Crippen LogP contribution >= 0.6 is 45.6 Å². The van der Waals surface area contributed by atoms with E-state index >= 15 is 0 Å². The van der Waals surface area contributed by atoms with E-state index in [-0.39, 0.29) is 0 Å². The first-order valence-electron chi connectivity index (χ1n) is 3.17. The number of hydroxylamine groups is 1. The summed E-state index contributed by atoms with van der Waals surface area (Å²) >= 11 is 2.44. The molecule has 0 aromatic rings. The van der Waals surface area contributed by atoms with E-state index in [2.05, 4.69) is 24.8 Å². The van der Waals surface area contributed by atoms with Crippen molar-refractivity contribution in [3.63, 3.8) is 0 Å². The van der Waals surface area contributed by atoms with E-state index in [1.807, 2.05) is 11.3 Å². The molecule has 0 aliphatic carbocycles. The summed E-state index contributed by atoms with van der Waals surface area (Å²) in [5, 5.41) is 8.29. The summed E-state index contributed by atoms with van der Waals surface area (Å²) in [5.74, 6) is 0. The van der Waals surface area contributed by atoms with Crippen LogP contribution in [-0.2, 0) is 24.0 Å². The maximum atomic E-state index is 8.29. The zero-order chi connectivity index (χ0) is 12.3. The third-order valence-electron chi connectivity index (χ3n) is 0.824. The average Bonchev–Trinajstić information content (AvgIpc) is 2.28. The molecular formula is C2H8I3N4O7-. The SMILES string of the molecule is CO[C@](I)(NONONO[I-]OI)ONO. The first-order valence-corrected chi connectivity index (χ1v) is 6.89. The van der Waals surface area contributed by atoms with Crippen LogP contribution < -0.4 is 44.4 Å². The first-order chi connectivity index (χ1) is 7.68. The molecule has 0 unspecified atom stereocenters. The van der Waals surface area contributed by atoms with Gasteiger partial charge in [-0.1, -0.05) is 0 Å². The second kappa shape index (κ2) is 11.8. The Morgan fingerprint density at radius 3 is 2.62 bits per heavy atom. The predicted molar refractivity (Wildman–Crippen MR) is 57.5 cm³/mol.